The SMILES string of the molecule is COC(C=O)OC(CO)C(C)C=O.CO[C@@H]1OC(CO)C(C)[C@H](O)C1O. The zero-order valence-electron chi connectivity index (χ0n) is 15.4. The molecule has 6 unspecified atom stereocenters. The highest BCUT2D eigenvalue weighted by Crippen LogP contribution is 2.25. The van der Waals surface area contributed by atoms with Gasteiger partial charge in [-0.25, -0.2) is 0 Å². The van der Waals surface area contributed by atoms with Gasteiger partial charge in [-0.1, -0.05) is 13.8 Å². The molecule has 154 valence electrons. The second-order valence-corrected chi connectivity index (χ2v) is 5.89. The fraction of sp³-hybridized carbons (Fsp3) is 0.875. The van der Waals surface area contributed by atoms with Crippen LogP contribution in [0.2, 0.25) is 0 Å². The number of aliphatic hydroxyl groups is 4. The van der Waals surface area contributed by atoms with Gasteiger partial charge in [0, 0.05) is 26.1 Å². The minimum absolute atomic E-state index is 0.190. The van der Waals surface area contributed by atoms with Crippen LogP contribution in [0.1, 0.15) is 13.8 Å². The molecule has 10 heteroatoms. The van der Waals surface area contributed by atoms with Crippen molar-refractivity contribution in [3.63, 3.8) is 0 Å². The molecule has 4 N–H and O–H groups in total. The fourth-order valence-corrected chi connectivity index (χ4v) is 2.21. The summed E-state index contributed by atoms with van der Waals surface area (Å²) in [5.74, 6) is -0.769. The molecule has 0 amide bonds. The molecule has 1 fully saturated rings. The third kappa shape index (κ3) is 7.33. The highest BCUT2D eigenvalue weighted by Gasteiger charge is 2.41. The third-order valence-electron chi connectivity index (χ3n) is 4.11. The van der Waals surface area contributed by atoms with Crippen LogP contribution in [0.25, 0.3) is 0 Å². The molecule has 1 heterocycles. The molecule has 10 nitrogen and oxygen atoms in total. The number of methoxy groups -OCH3 is 2. The second-order valence-electron chi connectivity index (χ2n) is 5.89. The van der Waals surface area contributed by atoms with Crippen molar-refractivity contribution in [2.24, 2.45) is 11.8 Å². The normalized spacial score (nSPS) is 31.9. The second kappa shape index (κ2) is 13.2. The van der Waals surface area contributed by atoms with E-state index < -0.39 is 42.9 Å². The third-order valence-corrected chi connectivity index (χ3v) is 4.11. The minimum atomic E-state index is -1.05. The highest BCUT2D eigenvalue weighted by atomic mass is 16.7. The van der Waals surface area contributed by atoms with Crippen LogP contribution in [0.3, 0.4) is 0 Å². The Kier molecular flexibility index (Phi) is 12.7. The van der Waals surface area contributed by atoms with Crippen molar-refractivity contribution in [1.29, 1.82) is 0 Å². The first-order valence-corrected chi connectivity index (χ1v) is 8.16. The maximum atomic E-state index is 10.3. The summed E-state index contributed by atoms with van der Waals surface area (Å²) in [6, 6.07) is 0. The van der Waals surface area contributed by atoms with Crippen molar-refractivity contribution in [3.05, 3.63) is 0 Å². The Labute approximate surface area is 152 Å². The largest absolute Gasteiger partial charge is 0.394 e. The zero-order chi connectivity index (χ0) is 20.3. The topological polar surface area (TPSA) is 152 Å². The van der Waals surface area contributed by atoms with Gasteiger partial charge in [0.1, 0.15) is 12.4 Å². The van der Waals surface area contributed by atoms with Crippen molar-refractivity contribution in [2.45, 2.75) is 50.8 Å². The lowest BCUT2D eigenvalue weighted by Crippen LogP contribution is -2.55. The van der Waals surface area contributed by atoms with E-state index in [0.717, 1.165) is 0 Å². The maximum absolute atomic E-state index is 10.3. The number of ether oxygens (including phenoxy) is 4. The molecule has 0 aliphatic carbocycles. The molecule has 0 saturated carbocycles. The van der Waals surface area contributed by atoms with Gasteiger partial charge in [0.05, 0.1) is 31.5 Å². The predicted octanol–water partition coefficient (Wildman–Crippen LogP) is -1.92. The van der Waals surface area contributed by atoms with E-state index in [4.69, 9.17) is 24.4 Å². The number of carbonyl (C=O) groups is 2. The Balaban J connectivity index is 0.000000481. The molecule has 1 saturated heterocycles. The lowest BCUT2D eigenvalue weighted by Gasteiger charge is -2.40. The molecule has 0 bridgehead atoms. The number of hydrogen-bond donors (Lipinski definition) is 4. The maximum Gasteiger partial charge on any atom is 0.214 e. The molecule has 0 aromatic carbocycles. The van der Waals surface area contributed by atoms with Crippen LogP contribution in [0.4, 0.5) is 0 Å². The Hall–Kier alpha value is -0.980. The van der Waals surface area contributed by atoms with Crippen LogP contribution < -0.4 is 0 Å². The summed E-state index contributed by atoms with van der Waals surface area (Å²) >= 11 is 0. The summed E-state index contributed by atoms with van der Waals surface area (Å²) in [6.45, 7) is 2.78. The van der Waals surface area contributed by atoms with Crippen LogP contribution >= 0.6 is 0 Å². The molecule has 0 spiro atoms. The van der Waals surface area contributed by atoms with Crippen molar-refractivity contribution in [1.82, 2.24) is 0 Å². The van der Waals surface area contributed by atoms with Crippen LogP contribution in [0.15, 0.2) is 0 Å². The number of aldehydes is 2. The van der Waals surface area contributed by atoms with E-state index in [1.54, 1.807) is 13.8 Å². The summed E-state index contributed by atoms with van der Waals surface area (Å²) in [6.07, 6.45) is -3.93. The summed E-state index contributed by atoms with van der Waals surface area (Å²) in [5.41, 5.74) is 0. The standard InChI is InChI=1S/C8H16O5.C8H14O5/c1-4-5(3-9)13-8(12-2)7(11)6(4)10;1-6(3-9)7(4-10)13-8(5-11)12-2/h4-11H,3H2,1-2H3;3,5-8,10H,4H2,1-2H3/t4?,5?,6-,7?,8+;/m0./s1. The van der Waals surface area contributed by atoms with Crippen LogP contribution in [0.5, 0.6) is 0 Å². The Morgan fingerprint density at radius 2 is 1.73 bits per heavy atom. The lowest BCUT2D eigenvalue weighted by molar-refractivity contribution is -0.280. The van der Waals surface area contributed by atoms with Gasteiger partial charge in [0.25, 0.3) is 0 Å². The van der Waals surface area contributed by atoms with Gasteiger partial charge >= 0.3 is 0 Å². The van der Waals surface area contributed by atoms with Crippen LogP contribution in [0, 0.1) is 11.8 Å². The van der Waals surface area contributed by atoms with Crippen molar-refractivity contribution < 1.29 is 49.0 Å². The van der Waals surface area contributed by atoms with Crippen molar-refractivity contribution in [3.8, 4) is 0 Å². The molecule has 0 aromatic rings. The van der Waals surface area contributed by atoms with E-state index in [2.05, 4.69) is 4.74 Å². The number of hydrogen-bond acceptors (Lipinski definition) is 10. The molecule has 0 aromatic heterocycles. The van der Waals surface area contributed by atoms with E-state index >= 15 is 0 Å². The molecule has 1 rings (SSSR count). The van der Waals surface area contributed by atoms with E-state index in [9.17, 15) is 19.8 Å². The summed E-state index contributed by atoms with van der Waals surface area (Å²) < 4.78 is 19.6. The average molecular weight is 382 g/mol. The molecule has 8 atom stereocenters. The summed E-state index contributed by atoms with van der Waals surface area (Å²) in [7, 11) is 2.68. The van der Waals surface area contributed by atoms with Gasteiger partial charge in [-0.05, 0) is 0 Å². The minimum Gasteiger partial charge on any atom is -0.394 e. The van der Waals surface area contributed by atoms with Gasteiger partial charge in [-0.3, -0.25) is 4.79 Å². The van der Waals surface area contributed by atoms with E-state index in [1.807, 2.05) is 0 Å². The smallest absolute Gasteiger partial charge is 0.214 e. The van der Waals surface area contributed by atoms with Gasteiger partial charge < -0.3 is 44.2 Å². The fourth-order valence-electron chi connectivity index (χ4n) is 2.21. The Morgan fingerprint density at radius 1 is 1.12 bits per heavy atom. The Bertz CT molecular complexity index is 373. The predicted molar refractivity (Wildman–Crippen MR) is 88.0 cm³/mol. The molecular formula is C16H30O10. The summed E-state index contributed by atoms with van der Waals surface area (Å²) in [4.78, 5) is 20.6. The first-order valence-electron chi connectivity index (χ1n) is 8.16. The van der Waals surface area contributed by atoms with Crippen molar-refractivity contribution in [2.75, 3.05) is 27.4 Å². The highest BCUT2D eigenvalue weighted by molar-refractivity contribution is 5.55. The first kappa shape index (κ1) is 25.0. The summed E-state index contributed by atoms with van der Waals surface area (Å²) in [5, 5.41) is 36.7. The quantitative estimate of drug-likeness (QED) is 0.262. The molecular weight excluding hydrogens is 352 g/mol. The number of rotatable bonds is 9. The first-order chi connectivity index (χ1) is 12.3. The van der Waals surface area contributed by atoms with E-state index in [-0.39, 0.29) is 19.1 Å². The average Bonchev–Trinajstić information content (AvgIpc) is 2.67. The Morgan fingerprint density at radius 3 is 2.12 bits per heavy atom. The monoisotopic (exact) mass is 382 g/mol. The van der Waals surface area contributed by atoms with Crippen LogP contribution in [-0.2, 0) is 28.5 Å². The number of carbonyl (C=O) groups excluding carboxylic acids is 2. The van der Waals surface area contributed by atoms with Gasteiger partial charge in [0.2, 0.25) is 6.29 Å². The molecule has 0 radical (unpaired) electrons. The van der Waals surface area contributed by atoms with Gasteiger partial charge in [-0.2, -0.15) is 0 Å². The molecule has 1 aliphatic heterocycles. The van der Waals surface area contributed by atoms with E-state index in [0.29, 0.717) is 12.6 Å². The molecule has 1 aliphatic rings. The van der Waals surface area contributed by atoms with Gasteiger partial charge in [-0.15, -0.1) is 0 Å². The van der Waals surface area contributed by atoms with Crippen molar-refractivity contribution >= 4 is 12.6 Å². The molecule has 26 heavy (non-hydrogen) atoms. The van der Waals surface area contributed by atoms with Crippen LogP contribution in [-0.4, -0.2) is 97.4 Å². The zero-order valence-corrected chi connectivity index (χ0v) is 15.4. The van der Waals surface area contributed by atoms with Gasteiger partial charge in [0.15, 0.2) is 12.6 Å². The lowest BCUT2D eigenvalue weighted by atomic mass is 9.91. The number of aliphatic hydroxyl groups excluding tert-OH is 4. The van der Waals surface area contributed by atoms with E-state index in [1.165, 1.54) is 14.2 Å².